The van der Waals surface area contributed by atoms with Crippen LogP contribution < -0.4 is 15.0 Å². The number of anilines is 1. The fourth-order valence-corrected chi connectivity index (χ4v) is 3.03. The van der Waals surface area contributed by atoms with Gasteiger partial charge < -0.3 is 20.1 Å². The summed E-state index contributed by atoms with van der Waals surface area (Å²) in [6.45, 7) is 9.18. The van der Waals surface area contributed by atoms with Gasteiger partial charge in [-0.25, -0.2) is 14.5 Å². The van der Waals surface area contributed by atoms with Gasteiger partial charge >= 0.3 is 5.97 Å². The Morgan fingerprint density at radius 1 is 1.23 bits per heavy atom. The summed E-state index contributed by atoms with van der Waals surface area (Å²) >= 11 is 0. The monoisotopic (exact) mass is 412 g/mol. The van der Waals surface area contributed by atoms with Gasteiger partial charge in [0.25, 0.3) is 0 Å². The topological polar surface area (TPSA) is 105 Å². The minimum absolute atomic E-state index is 0.231. The number of carbonyl (C=O) groups is 1. The smallest absolute Gasteiger partial charge is 0.305 e. The number of methoxy groups -OCH3 is 1. The molecular formula is C21H28N6O3. The summed E-state index contributed by atoms with van der Waals surface area (Å²) in [4.78, 5) is 21.2. The summed E-state index contributed by atoms with van der Waals surface area (Å²) in [5.41, 5.74) is 3.73. The highest BCUT2D eigenvalue weighted by atomic mass is 16.5. The summed E-state index contributed by atoms with van der Waals surface area (Å²) < 4.78 is 7.22. The van der Waals surface area contributed by atoms with Crippen molar-refractivity contribution in [2.75, 3.05) is 38.2 Å². The molecule has 0 radical (unpaired) electrons. The lowest BCUT2D eigenvalue weighted by Gasteiger charge is -2.28. The lowest BCUT2D eigenvalue weighted by atomic mass is 10.1. The molecule has 0 unspecified atom stereocenters. The van der Waals surface area contributed by atoms with Crippen LogP contribution in [0.25, 0.3) is 16.8 Å². The van der Waals surface area contributed by atoms with Crippen LogP contribution in [0, 0.1) is 12.8 Å². The first-order valence-electron chi connectivity index (χ1n) is 9.94. The molecule has 30 heavy (non-hydrogen) atoms. The molecule has 2 N–H and O–H groups in total. The predicted molar refractivity (Wildman–Crippen MR) is 115 cm³/mol. The van der Waals surface area contributed by atoms with E-state index in [0.717, 1.165) is 54.3 Å². The van der Waals surface area contributed by atoms with Crippen LogP contribution in [0.5, 0.6) is 5.88 Å². The largest absolute Gasteiger partial charge is 0.481 e. The maximum Gasteiger partial charge on any atom is 0.305 e. The molecule has 3 aromatic heterocycles. The van der Waals surface area contributed by atoms with Crippen molar-refractivity contribution in [1.82, 2.24) is 24.9 Å². The van der Waals surface area contributed by atoms with Gasteiger partial charge in [0, 0.05) is 44.1 Å². The number of carboxylic acids is 1. The van der Waals surface area contributed by atoms with Gasteiger partial charge in [0.05, 0.1) is 24.8 Å². The van der Waals surface area contributed by atoms with Crippen LogP contribution in [0.1, 0.15) is 19.4 Å². The fraction of sp³-hybridized carbons (Fsp3) is 0.429. The lowest BCUT2D eigenvalue weighted by molar-refractivity contribution is -0.140. The number of aromatic nitrogens is 4. The summed E-state index contributed by atoms with van der Waals surface area (Å²) in [5.74, 6) is 0.593. The first kappa shape index (κ1) is 21.5. The highest BCUT2D eigenvalue weighted by Crippen LogP contribution is 2.31. The average molecular weight is 412 g/mol. The molecule has 4 rings (SSSR count). The zero-order valence-corrected chi connectivity index (χ0v) is 17.8. The first-order chi connectivity index (χ1) is 14.4. The molecule has 0 amide bonds. The van der Waals surface area contributed by atoms with E-state index in [1.807, 2.05) is 25.4 Å². The van der Waals surface area contributed by atoms with Gasteiger partial charge in [-0.1, -0.05) is 13.8 Å². The Morgan fingerprint density at radius 3 is 2.57 bits per heavy atom. The molecule has 3 aromatic rings. The summed E-state index contributed by atoms with van der Waals surface area (Å²) in [7, 11) is 1.63. The number of hydrogen-bond donors (Lipinski definition) is 2. The van der Waals surface area contributed by atoms with Gasteiger partial charge in [0.2, 0.25) is 5.88 Å². The zero-order valence-electron chi connectivity index (χ0n) is 17.8. The summed E-state index contributed by atoms with van der Waals surface area (Å²) in [6.07, 6.45) is 5.58. The number of rotatable bonds is 4. The van der Waals surface area contributed by atoms with Crippen LogP contribution in [0.4, 0.5) is 5.82 Å². The van der Waals surface area contributed by atoms with Crippen molar-refractivity contribution < 1.29 is 14.6 Å². The lowest BCUT2D eigenvalue weighted by Crippen LogP contribution is -2.43. The van der Waals surface area contributed by atoms with Crippen LogP contribution in [0.2, 0.25) is 0 Å². The Bertz CT molecular complexity index is 1010. The van der Waals surface area contributed by atoms with Crippen molar-refractivity contribution in [3.05, 3.63) is 36.3 Å². The van der Waals surface area contributed by atoms with E-state index in [4.69, 9.17) is 14.8 Å². The molecule has 9 nitrogen and oxygen atoms in total. The minimum Gasteiger partial charge on any atom is -0.481 e. The minimum atomic E-state index is -0.741. The van der Waals surface area contributed by atoms with Crippen LogP contribution in [0.3, 0.4) is 0 Å². The second kappa shape index (κ2) is 9.53. The maximum atomic E-state index is 9.70. The van der Waals surface area contributed by atoms with Gasteiger partial charge in [-0.3, -0.25) is 4.79 Å². The van der Waals surface area contributed by atoms with E-state index in [9.17, 15) is 4.79 Å². The number of piperazine rings is 1. The number of aryl methyl sites for hydroxylation is 1. The van der Waals surface area contributed by atoms with Crippen molar-refractivity contribution >= 4 is 17.4 Å². The Balaban J connectivity index is 0.000000377. The third-order valence-electron chi connectivity index (χ3n) is 4.76. The van der Waals surface area contributed by atoms with Gasteiger partial charge in [0.15, 0.2) is 5.65 Å². The van der Waals surface area contributed by atoms with E-state index in [0.29, 0.717) is 5.88 Å². The van der Waals surface area contributed by atoms with Crippen molar-refractivity contribution in [3.63, 3.8) is 0 Å². The zero-order chi connectivity index (χ0) is 21.7. The number of pyridine rings is 1. The molecule has 0 bridgehead atoms. The molecule has 1 aliphatic rings. The Labute approximate surface area is 175 Å². The number of nitrogens with zero attached hydrogens (tertiary/aromatic N) is 5. The van der Waals surface area contributed by atoms with Crippen molar-refractivity contribution in [1.29, 1.82) is 0 Å². The second-order valence-electron chi connectivity index (χ2n) is 7.41. The van der Waals surface area contributed by atoms with Crippen molar-refractivity contribution in [2.45, 2.75) is 20.8 Å². The molecule has 0 spiro atoms. The molecule has 1 fully saturated rings. The Morgan fingerprint density at radius 2 is 1.93 bits per heavy atom. The molecule has 1 saturated heterocycles. The number of aliphatic carboxylic acids is 1. The van der Waals surface area contributed by atoms with E-state index in [2.05, 4.69) is 26.4 Å². The molecule has 0 saturated carbocycles. The molecule has 1 aliphatic heterocycles. The quantitative estimate of drug-likeness (QED) is 0.672. The van der Waals surface area contributed by atoms with Gasteiger partial charge in [-0.2, -0.15) is 5.10 Å². The number of nitrogens with one attached hydrogen (secondary N) is 1. The maximum absolute atomic E-state index is 9.70. The first-order valence-corrected chi connectivity index (χ1v) is 9.94. The third kappa shape index (κ3) is 4.85. The van der Waals surface area contributed by atoms with Crippen LogP contribution in [-0.4, -0.2) is 63.9 Å². The molecule has 4 heterocycles. The highest BCUT2D eigenvalue weighted by molar-refractivity contribution is 5.81. The van der Waals surface area contributed by atoms with Crippen LogP contribution in [0.15, 0.2) is 30.7 Å². The normalized spacial score (nSPS) is 13.8. The van der Waals surface area contributed by atoms with Crippen molar-refractivity contribution in [2.24, 2.45) is 5.92 Å². The number of ether oxygens (including phenoxy) is 1. The summed E-state index contributed by atoms with van der Waals surface area (Å²) in [5, 5.41) is 15.8. The molecular weight excluding hydrogens is 384 g/mol. The Kier molecular flexibility index (Phi) is 6.83. The van der Waals surface area contributed by atoms with Crippen molar-refractivity contribution in [3.8, 4) is 17.0 Å². The van der Waals surface area contributed by atoms with E-state index in [-0.39, 0.29) is 5.92 Å². The van der Waals surface area contributed by atoms with Crippen LogP contribution >= 0.6 is 0 Å². The molecule has 0 aliphatic carbocycles. The van der Waals surface area contributed by atoms with Gasteiger partial charge in [-0.05, 0) is 24.6 Å². The van der Waals surface area contributed by atoms with Gasteiger partial charge in [-0.15, -0.1) is 0 Å². The molecule has 160 valence electrons. The van der Waals surface area contributed by atoms with E-state index < -0.39 is 5.97 Å². The number of fused-ring (bicyclic) bond motifs is 1. The average Bonchev–Trinajstić information content (AvgIpc) is 3.18. The standard InChI is InChI=1S/C17H20N6O.C4H8O2/c1-12-9-13(17(24-2)19-10-12)14-11-20-23-6-3-15(21-16(14)23)22-7-4-18-5-8-22;1-3(2)4(5)6/h3,6,9-11,18H,4-5,7-8H2,1-2H3;3H,1-2H3,(H,5,6). The number of carboxylic acid groups (broad SMARTS) is 1. The summed E-state index contributed by atoms with van der Waals surface area (Å²) in [6, 6.07) is 4.07. The Hall–Kier alpha value is -3.20. The number of hydrogen-bond acceptors (Lipinski definition) is 7. The fourth-order valence-electron chi connectivity index (χ4n) is 3.03. The molecule has 9 heteroatoms. The van der Waals surface area contributed by atoms with Crippen LogP contribution in [-0.2, 0) is 4.79 Å². The highest BCUT2D eigenvalue weighted by Gasteiger charge is 2.17. The molecule has 0 aromatic carbocycles. The SMILES string of the molecule is CC(C)C(=O)O.COc1ncc(C)cc1-c1cnn2ccc(N3CCNCC3)nc12. The second-order valence-corrected chi connectivity index (χ2v) is 7.41. The molecule has 0 atom stereocenters. The van der Waals surface area contributed by atoms with E-state index in [1.165, 1.54) is 0 Å². The predicted octanol–water partition coefficient (Wildman–Crippen LogP) is 2.24. The third-order valence-corrected chi connectivity index (χ3v) is 4.76. The van der Waals surface area contributed by atoms with E-state index >= 15 is 0 Å². The van der Waals surface area contributed by atoms with E-state index in [1.54, 1.807) is 31.7 Å². The van der Waals surface area contributed by atoms with Gasteiger partial charge in [0.1, 0.15) is 5.82 Å².